The summed E-state index contributed by atoms with van der Waals surface area (Å²) in [6.45, 7) is 5.43. The van der Waals surface area contributed by atoms with Crippen molar-refractivity contribution in [2.45, 2.75) is 51.6 Å². The second-order valence-electron chi connectivity index (χ2n) is 7.74. The number of aliphatic imine (C=N–C) groups is 1. The molecule has 0 saturated carbocycles. The van der Waals surface area contributed by atoms with Gasteiger partial charge in [-0.3, -0.25) is 0 Å². The monoisotopic (exact) mass is 436 g/mol. The molecule has 0 aliphatic carbocycles. The summed E-state index contributed by atoms with van der Waals surface area (Å²) in [5, 5.41) is 11.9. The molecular formula is C21H27F3N6O. The summed E-state index contributed by atoms with van der Waals surface area (Å²) in [6.07, 6.45) is -1.64. The number of aryl methyl sites for hydroxylation is 1. The molecule has 0 amide bonds. The molecule has 1 aromatic carbocycles. The van der Waals surface area contributed by atoms with Gasteiger partial charge in [-0.2, -0.15) is 13.2 Å². The highest BCUT2D eigenvalue weighted by molar-refractivity contribution is 5.80. The highest BCUT2D eigenvalue weighted by Crippen LogP contribution is 2.32. The lowest BCUT2D eigenvalue weighted by molar-refractivity contribution is -0.137. The highest BCUT2D eigenvalue weighted by atomic mass is 19.4. The lowest BCUT2D eigenvalue weighted by Gasteiger charge is -2.35. The third kappa shape index (κ3) is 5.00. The smallest absolute Gasteiger partial charge is 0.370 e. The number of guanidine groups is 1. The minimum Gasteiger partial charge on any atom is -0.370 e. The van der Waals surface area contributed by atoms with Crippen molar-refractivity contribution < 1.29 is 17.9 Å². The van der Waals surface area contributed by atoms with Crippen molar-refractivity contribution in [3.05, 3.63) is 47.0 Å². The SMILES string of the molecule is CCNC(=NCc1nnc2n1CCCC2)N1CCOC(c2cccc(C(F)(F)F)c2)C1. The summed E-state index contributed by atoms with van der Waals surface area (Å²) >= 11 is 0. The van der Waals surface area contributed by atoms with Crippen LogP contribution >= 0.6 is 0 Å². The summed E-state index contributed by atoms with van der Waals surface area (Å²) in [5.41, 5.74) is -0.148. The van der Waals surface area contributed by atoms with Gasteiger partial charge in [-0.15, -0.1) is 10.2 Å². The van der Waals surface area contributed by atoms with Gasteiger partial charge < -0.3 is 19.5 Å². The van der Waals surface area contributed by atoms with Crippen LogP contribution in [0.25, 0.3) is 0 Å². The average Bonchev–Trinajstić information content (AvgIpc) is 3.19. The van der Waals surface area contributed by atoms with Gasteiger partial charge in [0.2, 0.25) is 0 Å². The third-order valence-electron chi connectivity index (χ3n) is 5.59. The number of hydrogen-bond acceptors (Lipinski definition) is 4. The predicted molar refractivity (Wildman–Crippen MR) is 109 cm³/mol. The number of ether oxygens (including phenoxy) is 1. The molecule has 4 rings (SSSR count). The third-order valence-corrected chi connectivity index (χ3v) is 5.59. The number of rotatable bonds is 4. The van der Waals surface area contributed by atoms with Gasteiger partial charge in [0, 0.05) is 26.1 Å². The van der Waals surface area contributed by atoms with E-state index in [0.29, 0.717) is 44.3 Å². The number of hydrogen-bond donors (Lipinski definition) is 1. The van der Waals surface area contributed by atoms with Gasteiger partial charge in [-0.25, -0.2) is 4.99 Å². The maximum Gasteiger partial charge on any atom is 0.416 e. The molecule has 1 saturated heterocycles. The number of aromatic nitrogens is 3. The Balaban J connectivity index is 1.49. The van der Waals surface area contributed by atoms with Crippen LogP contribution < -0.4 is 5.32 Å². The molecule has 2 aliphatic heterocycles. The van der Waals surface area contributed by atoms with Crippen molar-refractivity contribution in [2.75, 3.05) is 26.2 Å². The van der Waals surface area contributed by atoms with Gasteiger partial charge >= 0.3 is 6.18 Å². The summed E-state index contributed by atoms with van der Waals surface area (Å²) in [6, 6.07) is 5.35. The molecule has 2 aromatic rings. The molecule has 0 bridgehead atoms. The second-order valence-corrected chi connectivity index (χ2v) is 7.74. The van der Waals surface area contributed by atoms with Gasteiger partial charge in [-0.05, 0) is 37.5 Å². The van der Waals surface area contributed by atoms with E-state index in [0.717, 1.165) is 43.5 Å². The fourth-order valence-corrected chi connectivity index (χ4v) is 4.02. The highest BCUT2D eigenvalue weighted by Gasteiger charge is 2.32. The number of morpholine rings is 1. The Kier molecular flexibility index (Phi) is 6.45. The van der Waals surface area contributed by atoms with E-state index in [1.165, 1.54) is 12.1 Å². The van der Waals surface area contributed by atoms with Crippen molar-refractivity contribution in [1.82, 2.24) is 25.0 Å². The number of fused-ring (bicyclic) bond motifs is 1. The fraction of sp³-hybridized carbons (Fsp3) is 0.571. The van der Waals surface area contributed by atoms with Crippen molar-refractivity contribution in [1.29, 1.82) is 0 Å². The van der Waals surface area contributed by atoms with Gasteiger partial charge in [0.1, 0.15) is 18.5 Å². The van der Waals surface area contributed by atoms with Crippen molar-refractivity contribution in [2.24, 2.45) is 4.99 Å². The lowest BCUT2D eigenvalue weighted by Crippen LogP contribution is -2.48. The molecule has 1 atom stereocenters. The maximum absolute atomic E-state index is 13.1. The van der Waals surface area contributed by atoms with E-state index in [9.17, 15) is 13.2 Å². The summed E-state index contributed by atoms with van der Waals surface area (Å²) in [7, 11) is 0. The van der Waals surface area contributed by atoms with E-state index in [2.05, 4.69) is 20.1 Å². The zero-order chi connectivity index (χ0) is 21.8. The molecule has 1 fully saturated rings. The molecule has 7 nitrogen and oxygen atoms in total. The van der Waals surface area contributed by atoms with Crippen LogP contribution in [0, 0.1) is 0 Å². The first-order chi connectivity index (χ1) is 15.0. The summed E-state index contributed by atoms with van der Waals surface area (Å²) in [5.74, 6) is 2.56. The van der Waals surface area contributed by atoms with Crippen molar-refractivity contribution in [3.63, 3.8) is 0 Å². The minimum atomic E-state index is -4.38. The second kappa shape index (κ2) is 9.25. The maximum atomic E-state index is 13.1. The summed E-state index contributed by atoms with van der Waals surface area (Å²) in [4.78, 5) is 6.78. The predicted octanol–water partition coefficient (Wildman–Crippen LogP) is 3.17. The van der Waals surface area contributed by atoms with Crippen molar-refractivity contribution >= 4 is 5.96 Å². The molecule has 168 valence electrons. The molecule has 3 heterocycles. The van der Waals surface area contributed by atoms with Gasteiger partial charge in [-0.1, -0.05) is 12.1 Å². The molecule has 2 aliphatic rings. The van der Waals surface area contributed by atoms with Crippen LogP contribution in [0.5, 0.6) is 0 Å². The minimum absolute atomic E-state index is 0.404. The van der Waals surface area contributed by atoms with E-state index in [1.807, 2.05) is 11.8 Å². The van der Waals surface area contributed by atoms with Crippen LogP contribution in [-0.4, -0.2) is 51.9 Å². The van der Waals surface area contributed by atoms with Crippen LogP contribution in [0.3, 0.4) is 0 Å². The van der Waals surface area contributed by atoms with Crippen molar-refractivity contribution in [3.8, 4) is 0 Å². The number of nitrogens with one attached hydrogen (secondary N) is 1. The Hall–Kier alpha value is -2.62. The molecular weight excluding hydrogens is 409 g/mol. The van der Waals surface area contributed by atoms with Gasteiger partial charge in [0.15, 0.2) is 11.8 Å². The Morgan fingerprint density at radius 1 is 1.26 bits per heavy atom. The van der Waals surface area contributed by atoms with Crippen LogP contribution in [0.4, 0.5) is 13.2 Å². The number of alkyl halides is 3. The first-order valence-electron chi connectivity index (χ1n) is 10.7. The largest absolute Gasteiger partial charge is 0.416 e. The number of benzene rings is 1. The zero-order valence-corrected chi connectivity index (χ0v) is 17.5. The lowest BCUT2D eigenvalue weighted by atomic mass is 10.0. The van der Waals surface area contributed by atoms with Crippen LogP contribution in [0.2, 0.25) is 0 Å². The van der Waals surface area contributed by atoms with Crippen LogP contribution in [0.1, 0.15) is 48.6 Å². The Bertz CT molecular complexity index is 926. The molecule has 31 heavy (non-hydrogen) atoms. The molecule has 0 spiro atoms. The topological polar surface area (TPSA) is 67.6 Å². The molecule has 1 aromatic heterocycles. The fourth-order valence-electron chi connectivity index (χ4n) is 4.02. The normalized spacial score (nSPS) is 19.9. The van der Waals surface area contributed by atoms with E-state index in [-0.39, 0.29) is 0 Å². The van der Waals surface area contributed by atoms with E-state index in [4.69, 9.17) is 9.73 Å². The van der Waals surface area contributed by atoms with E-state index >= 15 is 0 Å². The zero-order valence-electron chi connectivity index (χ0n) is 17.5. The van der Waals surface area contributed by atoms with Gasteiger partial charge in [0.05, 0.1) is 18.7 Å². The standard InChI is InChI=1S/C21H27F3N6O/c1-2-25-20(26-13-19-28-27-18-8-3-4-9-30(18)19)29-10-11-31-17(14-29)15-6-5-7-16(12-15)21(22,23)24/h5-7,12,17H,2-4,8-11,13-14H2,1H3,(H,25,26). The average molecular weight is 436 g/mol. The summed E-state index contributed by atoms with van der Waals surface area (Å²) < 4.78 is 47.2. The van der Waals surface area contributed by atoms with Gasteiger partial charge in [0.25, 0.3) is 0 Å². The number of halogens is 3. The Labute approximate surface area is 179 Å². The Morgan fingerprint density at radius 2 is 2.13 bits per heavy atom. The number of nitrogens with zero attached hydrogens (tertiary/aromatic N) is 5. The quantitative estimate of drug-likeness (QED) is 0.589. The Morgan fingerprint density at radius 3 is 2.94 bits per heavy atom. The van der Waals surface area contributed by atoms with E-state index in [1.54, 1.807) is 6.07 Å². The molecule has 1 N–H and O–H groups in total. The molecule has 1 unspecified atom stereocenters. The molecule has 0 radical (unpaired) electrons. The first-order valence-corrected chi connectivity index (χ1v) is 10.7. The van der Waals surface area contributed by atoms with Crippen LogP contribution in [0.15, 0.2) is 29.3 Å². The van der Waals surface area contributed by atoms with Crippen LogP contribution in [-0.2, 0) is 30.4 Å². The van der Waals surface area contributed by atoms with E-state index < -0.39 is 17.8 Å². The molecule has 10 heteroatoms. The first kappa shape index (κ1) is 21.6.